The topological polar surface area (TPSA) is 121 Å². The summed E-state index contributed by atoms with van der Waals surface area (Å²) in [6.07, 6.45) is 8.88. The Labute approximate surface area is 176 Å². The van der Waals surface area contributed by atoms with Crippen LogP contribution in [0.1, 0.15) is 79.1 Å². The molecule has 0 atom stereocenters. The van der Waals surface area contributed by atoms with Crippen molar-refractivity contribution in [3.8, 4) is 0 Å². The largest absolute Gasteiger partial charge is 0.545 e. The fourth-order valence-corrected chi connectivity index (χ4v) is 0.632. The summed E-state index contributed by atoms with van der Waals surface area (Å²) in [5.41, 5.74) is 0. The Hall–Kier alpha value is -0.236. The van der Waals surface area contributed by atoms with Crippen LogP contribution in [0.4, 0.5) is 0 Å². The van der Waals surface area contributed by atoms with Crippen LogP contribution in [0.5, 0.6) is 0 Å². The molecule has 0 saturated heterocycles. The smallest absolute Gasteiger partial charge is 0.0636 e. The second-order valence-electron chi connectivity index (χ2n) is 4.83. The van der Waals surface area contributed by atoms with E-state index in [-0.39, 0.29) is 21.7 Å². The molecule has 0 aliphatic rings. The molecular formula is C19H43O6Ti-. The maximum absolute atomic E-state index is 9.14. The Morgan fingerprint density at radius 1 is 0.731 bits per heavy atom. The van der Waals surface area contributed by atoms with E-state index in [1.807, 2.05) is 0 Å². The van der Waals surface area contributed by atoms with Gasteiger partial charge in [0.2, 0.25) is 0 Å². The molecule has 0 radical (unpaired) electrons. The molecule has 0 fully saturated rings. The van der Waals surface area contributed by atoms with Crippen LogP contribution in [0.25, 0.3) is 0 Å². The average Bonchev–Trinajstić information content (AvgIpc) is 2.60. The molecule has 7 heteroatoms. The minimum Gasteiger partial charge on any atom is -0.545 e. The van der Waals surface area contributed by atoms with Gasteiger partial charge in [0, 0.05) is 48.1 Å². The van der Waals surface area contributed by atoms with Crippen LogP contribution in [-0.4, -0.2) is 52.8 Å². The number of carboxylic acids is 1. The molecule has 0 rings (SSSR count). The number of hydrogen-bond donors (Lipinski definition) is 4. The zero-order valence-corrected chi connectivity index (χ0v) is 18.9. The van der Waals surface area contributed by atoms with Crippen molar-refractivity contribution in [3.05, 3.63) is 12.7 Å². The van der Waals surface area contributed by atoms with Gasteiger partial charge in [0.15, 0.2) is 0 Å². The molecule has 0 heterocycles. The van der Waals surface area contributed by atoms with E-state index in [9.17, 15) is 0 Å². The molecule has 0 unspecified atom stereocenters. The maximum atomic E-state index is 9.14. The van der Waals surface area contributed by atoms with Gasteiger partial charge in [-0.15, -0.1) is 0 Å². The molecule has 0 aliphatic heterocycles. The first-order chi connectivity index (χ1) is 11.9. The normalized spacial score (nSPS) is 7.69. The molecule has 26 heavy (non-hydrogen) atoms. The van der Waals surface area contributed by atoms with Crippen molar-refractivity contribution in [2.75, 3.05) is 26.4 Å². The summed E-state index contributed by atoms with van der Waals surface area (Å²) in [4.78, 5) is 9.14. The van der Waals surface area contributed by atoms with Gasteiger partial charge >= 0.3 is 0 Å². The van der Waals surface area contributed by atoms with E-state index in [0.717, 1.165) is 57.4 Å². The predicted molar refractivity (Wildman–Crippen MR) is 103 cm³/mol. The number of hydrogen-bond acceptors (Lipinski definition) is 6. The van der Waals surface area contributed by atoms with Crippen LogP contribution in [0, 0.1) is 0 Å². The van der Waals surface area contributed by atoms with E-state index in [1.165, 1.54) is 0 Å². The summed E-state index contributed by atoms with van der Waals surface area (Å²) in [5, 5.41) is 41.4. The van der Waals surface area contributed by atoms with Gasteiger partial charge in [0.1, 0.15) is 0 Å². The summed E-state index contributed by atoms with van der Waals surface area (Å²) < 4.78 is 0. The SMILES string of the molecule is C=CC(=O)[O-].CCCCO.CCCCO.CCCCO.CCCCO.[Ti]. The number of aliphatic hydroxyl groups excluding tert-OH is 4. The van der Waals surface area contributed by atoms with Crippen LogP contribution in [-0.2, 0) is 26.5 Å². The minimum absolute atomic E-state index is 0. The maximum Gasteiger partial charge on any atom is 0.0636 e. The molecular weight excluding hydrogens is 372 g/mol. The average molecular weight is 415 g/mol. The molecule has 4 N–H and O–H groups in total. The zero-order valence-electron chi connectivity index (χ0n) is 17.4. The van der Waals surface area contributed by atoms with Crippen molar-refractivity contribution in [2.24, 2.45) is 0 Å². The fourth-order valence-electron chi connectivity index (χ4n) is 0.632. The molecule has 0 aliphatic carbocycles. The molecule has 0 saturated carbocycles. The van der Waals surface area contributed by atoms with Crippen LogP contribution >= 0.6 is 0 Å². The van der Waals surface area contributed by atoms with Gasteiger partial charge in [-0.1, -0.05) is 60.0 Å². The number of rotatable bonds is 9. The van der Waals surface area contributed by atoms with Gasteiger partial charge in [-0.3, -0.25) is 0 Å². The third kappa shape index (κ3) is 129. The monoisotopic (exact) mass is 415 g/mol. The molecule has 0 aromatic carbocycles. The van der Waals surface area contributed by atoms with Crippen LogP contribution < -0.4 is 5.11 Å². The van der Waals surface area contributed by atoms with E-state index in [0.29, 0.717) is 26.4 Å². The summed E-state index contributed by atoms with van der Waals surface area (Å²) in [6, 6.07) is 0. The molecule has 6 nitrogen and oxygen atoms in total. The van der Waals surface area contributed by atoms with Crippen molar-refractivity contribution in [3.63, 3.8) is 0 Å². The van der Waals surface area contributed by atoms with E-state index in [2.05, 4.69) is 34.3 Å². The third-order valence-electron chi connectivity index (χ3n) is 2.21. The second kappa shape index (κ2) is 56.3. The van der Waals surface area contributed by atoms with Crippen molar-refractivity contribution >= 4 is 5.97 Å². The molecule has 0 aromatic heterocycles. The fraction of sp³-hybridized carbons (Fsp3) is 0.842. The summed E-state index contributed by atoms with van der Waals surface area (Å²) in [6.45, 7) is 12.5. The zero-order chi connectivity index (χ0) is 20.8. The summed E-state index contributed by atoms with van der Waals surface area (Å²) in [7, 11) is 0. The Balaban J connectivity index is -0.0000000476. The Bertz CT molecular complexity index is 172. The van der Waals surface area contributed by atoms with Gasteiger partial charge in [0.25, 0.3) is 0 Å². The van der Waals surface area contributed by atoms with Crippen LogP contribution in [0.3, 0.4) is 0 Å². The van der Waals surface area contributed by atoms with Gasteiger partial charge < -0.3 is 30.3 Å². The Morgan fingerprint density at radius 3 is 0.885 bits per heavy atom. The van der Waals surface area contributed by atoms with Crippen LogP contribution in [0.15, 0.2) is 12.7 Å². The van der Waals surface area contributed by atoms with Gasteiger partial charge in [-0.2, -0.15) is 0 Å². The third-order valence-corrected chi connectivity index (χ3v) is 2.21. The number of unbranched alkanes of at least 4 members (excludes halogenated alkanes) is 4. The van der Waals surface area contributed by atoms with Gasteiger partial charge in [0.05, 0.1) is 5.97 Å². The number of carbonyl (C=O) groups excluding carboxylic acids is 1. The van der Waals surface area contributed by atoms with Gasteiger partial charge in [-0.25, -0.2) is 0 Å². The molecule has 160 valence electrons. The standard InChI is InChI=1S/4C4H10O.C3H4O2.Ti/c4*1-2-3-4-5;1-2-3(4)5;/h4*5H,2-4H2,1H3;2H,1H2,(H,4,5);/p-1. The Morgan fingerprint density at radius 2 is 0.885 bits per heavy atom. The van der Waals surface area contributed by atoms with Crippen molar-refractivity contribution in [1.82, 2.24) is 0 Å². The molecule has 0 spiro atoms. The van der Waals surface area contributed by atoms with Crippen molar-refractivity contribution < 1.29 is 52.0 Å². The first kappa shape index (κ1) is 40.4. The first-order valence-electron chi connectivity index (χ1n) is 9.20. The van der Waals surface area contributed by atoms with E-state index >= 15 is 0 Å². The quantitative estimate of drug-likeness (QED) is 0.338. The minimum atomic E-state index is -1.23. The Kier molecular flexibility index (Phi) is 87.6. The summed E-state index contributed by atoms with van der Waals surface area (Å²) >= 11 is 0. The van der Waals surface area contributed by atoms with Gasteiger partial charge in [-0.05, 0) is 31.8 Å². The predicted octanol–water partition coefficient (Wildman–Crippen LogP) is 2.03. The number of aliphatic hydroxyl groups is 4. The molecule has 0 bridgehead atoms. The van der Waals surface area contributed by atoms with E-state index < -0.39 is 5.97 Å². The summed E-state index contributed by atoms with van der Waals surface area (Å²) in [5.74, 6) is -1.23. The number of aliphatic carboxylic acids is 1. The number of carboxylic acid groups (broad SMARTS) is 1. The van der Waals surface area contributed by atoms with Crippen molar-refractivity contribution in [2.45, 2.75) is 79.1 Å². The number of carbonyl (C=O) groups is 1. The molecule has 0 aromatic rings. The second-order valence-corrected chi connectivity index (χ2v) is 4.83. The van der Waals surface area contributed by atoms with Crippen LogP contribution in [0.2, 0.25) is 0 Å². The first-order valence-corrected chi connectivity index (χ1v) is 9.20. The van der Waals surface area contributed by atoms with Crippen molar-refractivity contribution in [1.29, 1.82) is 0 Å². The molecule has 0 amide bonds. The van der Waals surface area contributed by atoms with E-state index in [1.54, 1.807) is 0 Å². The van der Waals surface area contributed by atoms with E-state index in [4.69, 9.17) is 30.3 Å².